The Morgan fingerprint density at radius 1 is 1.05 bits per heavy atom. The Kier molecular flexibility index (Phi) is 3.39. The lowest BCUT2D eigenvalue weighted by Gasteiger charge is -1.99. The van der Waals surface area contributed by atoms with Gasteiger partial charge < -0.3 is 10.1 Å². The Balaban J connectivity index is 2.06. The number of nitrogens with one attached hydrogen (secondary N) is 1. The van der Waals surface area contributed by atoms with Gasteiger partial charge in [-0.2, -0.15) is 5.11 Å². The zero-order chi connectivity index (χ0) is 15.0. The zero-order valence-corrected chi connectivity index (χ0v) is 12.4. The highest BCUT2D eigenvalue weighted by molar-refractivity contribution is 6.30. The number of H-pyrrole nitrogens is 1. The van der Waals surface area contributed by atoms with Crippen molar-refractivity contribution in [2.75, 3.05) is 0 Å². The molecule has 2 N–H and O–H groups in total. The standard InChI is InChI=1S/C16H14ClN3O/c1-9-3-5-14-12(7-9)15(16(21)18-14)20-19-13-6-4-11(17)8-10(13)2/h3-8,18,21H,1-2H3. The van der Waals surface area contributed by atoms with E-state index in [1.807, 2.05) is 38.1 Å². The number of hydrogen-bond donors (Lipinski definition) is 2. The van der Waals surface area contributed by atoms with Crippen LogP contribution in [0, 0.1) is 13.8 Å². The van der Waals surface area contributed by atoms with Gasteiger partial charge in [-0.25, -0.2) is 0 Å². The molecule has 0 saturated carbocycles. The lowest BCUT2D eigenvalue weighted by molar-refractivity contribution is 0.459. The van der Waals surface area contributed by atoms with E-state index < -0.39 is 0 Å². The SMILES string of the molecule is Cc1ccc2[nH]c(O)c(N=Nc3ccc(Cl)cc3C)c2c1. The number of nitrogens with zero attached hydrogens (tertiary/aromatic N) is 2. The van der Waals surface area contributed by atoms with Crippen LogP contribution in [0.5, 0.6) is 5.88 Å². The number of aromatic amines is 1. The highest BCUT2D eigenvalue weighted by atomic mass is 35.5. The molecule has 3 aromatic rings. The van der Waals surface area contributed by atoms with Gasteiger partial charge in [0.2, 0.25) is 5.88 Å². The third-order valence-corrected chi connectivity index (χ3v) is 3.56. The lowest BCUT2D eigenvalue weighted by atomic mass is 10.1. The quantitative estimate of drug-likeness (QED) is 0.598. The minimum absolute atomic E-state index is 0.0194. The van der Waals surface area contributed by atoms with Crippen molar-refractivity contribution in [3.05, 3.63) is 52.5 Å². The van der Waals surface area contributed by atoms with Crippen LogP contribution in [0.1, 0.15) is 11.1 Å². The summed E-state index contributed by atoms with van der Waals surface area (Å²) in [4.78, 5) is 2.89. The molecule has 0 bridgehead atoms. The van der Waals surface area contributed by atoms with Gasteiger partial charge in [0.1, 0.15) is 0 Å². The number of aromatic nitrogens is 1. The second-order valence-electron chi connectivity index (χ2n) is 5.00. The van der Waals surface area contributed by atoms with Crippen molar-refractivity contribution in [3.8, 4) is 5.88 Å². The molecule has 0 aliphatic carbocycles. The molecule has 0 unspecified atom stereocenters. The van der Waals surface area contributed by atoms with Gasteiger partial charge in [-0.05, 0) is 49.7 Å². The number of aromatic hydroxyl groups is 1. The topological polar surface area (TPSA) is 60.7 Å². The summed E-state index contributed by atoms with van der Waals surface area (Å²) in [6.45, 7) is 3.91. The van der Waals surface area contributed by atoms with Crippen LogP contribution in [0.15, 0.2) is 46.6 Å². The van der Waals surface area contributed by atoms with Gasteiger partial charge in [0.05, 0.1) is 11.2 Å². The average molecular weight is 300 g/mol. The van der Waals surface area contributed by atoms with Crippen LogP contribution in [0.3, 0.4) is 0 Å². The predicted octanol–water partition coefficient (Wildman–Crippen LogP) is 5.56. The summed E-state index contributed by atoms with van der Waals surface area (Å²) in [5.41, 5.74) is 4.03. The lowest BCUT2D eigenvalue weighted by Crippen LogP contribution is -1.73. The van der Waals surface area contributed by atoms with Gasteiger partial charge in [-0.15, -0.1) is 5.11 Å². The highest BCUT2D eigenvalue weighted by Crippen LogP contribution is 2.37. The number of benzene rings is 2. The van der Waals surface area contributed by atoms with E-state index in [0.717, 1.165) is 27.7 Å². The first-order valence-corrected chi connectivity index (χ1v) is 6.91. The summed E-state index contributed by atoms with van der Waals surface area (Å²) >= 11 is 5.92. The van der Waals surface area contributed by atoms with E-state index in [-0.39, 0.29) is 5.88 Å². The van der Waals surface area contributed by atoms with Gasteiger partial charge in [-0.3, -0.25) is 0 Å². The van der Waals surface area contributed by atoms with Gasteiger partial charge in [0.15, 0.2) is 5.69 Å². The molecule has 0 radical (unpaired) electrons. The molecule has 4 nitrogen and oxygen atoms in total. The predicted molar refractivity (Wildman–Crippen MR) is 85.1 cm³/mol. The van der Waals surface area contributed by atoms with Crippen LogP contribution in [0.25, 0.3) is 10.9 Å². The molecule has 0 fully saturated rings. The summed E-state index contributed by atoms with van der Waals surface area (Å²) < 4.78 is 0. The summed E-state index contributed by atoms with van der Waals surface area (Å²) in [5, 5.41) is 19.9. The fraction of sp³-hybridized carbons (Fsp3) is 0.125. The first-order valence-electron chi connectivity index (χ1n) is 6.54. The monoisotopic (exact) mass is 299 g/mol. The molecule has 0 spiro atoms. The van der Waals surface area contributed by atoms with E-state index in [2.05, 4.69) is 15.2 Å². The van der Waals surface area contributed by atoms with Gasteiger partial charge >= 0.3 is 0 Å². The van der Waals surface area contributed by atoms with E-state index in [9.17, 15) is 5.11 Å². The number of hydrogen-bond acceptors (Lipinski definition) is 3. The van der Waals surface area contributed by atoms with Crippen LogP contribution >= 0.6 is 11.6 Å². The molecule has 0 aliphatic heterocycles. The van der Waals surface area contributed by atoms with Crippen LogP contribution in [-0.4, -0.2) is 10.1 Å². The number of azo groups is 1. The molecule has 1 heterocycles. The van der Waals surface area contributed by atoms with Crippen molar-refractivity contribution in [2.45, 2.75) is 13.8 Å². The van der Waals surface area contributed by atoms with Crippen LogP contribution in [-0.2, 0) is 0 Å². The fourth-order valence-electron chi connectivity index (χ4n) is 2.21. The van der Waals surface area contributed by atoms with Crippen LogP contribution < -0.4 is 0 Å². The largest absolute Gasteiger partial charge is 0.493 e. The van der Waals surface area contributed by atoms with E-state index in [4.69, 9.17) is 11.6 Å². The molecule has 3 rings (SSSR count). The molecule has 1 aromatic heterocycles. The number of fused-ring (bicyclic) bond motifs is 1. The molecular weight excluding hydrogens is 286 g/mol. The second-order valence-corrected chi connectivity index (χ2v) is 5.44. The zero-order valence-electron chi connectivity index (χ0n) is 11.7. The van der Waals surface area contributed by atoms with E-state index in [1.165, 1.54) is 0 Å². The van der Waals surface area contributed by atoms with Crippen LogP contribution in [0.2, 0.25) is 5.02 Å². The Morgan fingerprint density at radius 2 is 1.86 bits per heavy atom. The summed E-state index contributed by atoms with van der Waals surface area (Å²) in [5.74, 6) is 0.0194. The molecule has 21 heavy (non-hydrogen) atoms. The Hall–Kier alpha value is -2.33. The van der Waals surface area contributed by atoms with Gasteiger partial charge in [0, 0.05) is 10.4 Å². The van der Waals surface area contributed by atoms with Crippen molar-refractivity contribution < 1.29 is 5.11 Å². The van der Waals surface area contributed by atoms with Crippen LogP contribution in [0.4, 0.5) is 11.4 Å². The Bertz CT molecular complexity index is 852. The van der Waals surface area contributed by atoms with E-state index in [1.54, 1.807) is 12.1 Å². The maximum atomic E-state index is 9.99. The summed E-state index contributed by atoms with van der Waals surface area (Å²) in [7, 11) is 0. The second kappa shape index (κ2) is 5.22. The fourth-order valence-corrected chi connectivity index (χ4v) is 2.44. The minimum atomic E-state index is 0.0194. The number of rotatable bonds is 2. The van der Waals surface area contributed by atoms with Crippen molar-refractivity contribution >= 4 is 33.9 Å². The summed E-state index contributed by atoms with van der Waals surface area (Å²) in [6.07, 6.45) is 0. The number of aryl methyl sites for hydroxylation is 2. The highest BCUT2D eigenvalue weighted by Gasteiger charge is 2.10. The first kappa shape index (κ1) is 13.6. The normalized spacial score (nSPS) is 11.6. The van der Waals surface area contributed by atoms with E-state index >= 15 is 0 Å². The van der Waals surface area contributed by atoms with Crippen molar-refractivity contribution in [2.24, 2.45) is 10.2 Å². The van der Waals surface area contributed by atoms with Crippen molar-refractivity contribution in [1.82, 2.24) is 4.98 Å². The maximum absolute atomic E-state index is 9.99. The third kappa shape index (κ3) is 2.62. The minimum Gasteiger partial charge on any atom is -0.493 e. The Morgan fingerprint density at radius 3 is 2.62 bits per heavy atom. The summed E-state index contributed by atoms with van der Waals surface area (Å²) in [6, 6.07) is 11.3. The smallest absolute Gasteiger partial charge is 0.218 e. The van der Waals surface area contributed by atoms with E-state index in [0.29, 0.717) is 10.7 Å². The average Bonchev–Trinajstić information content (AvgIpc) is 2.73. The Labute approximate surface area is 127 Å². The third-order valence-electron chi connectivity index (χ3n) is 3.32. The molecule has 5 heteroatoms. The molecule has 0 atom stereocenters. The first-order chi connectivity index (χ1) is 10.0. The number of halogens is 1. The van der Waals surface area contributed by atoms with Crippen molar-refractivity contribution in [1.29, 1.82) is 0 Å². The molecule has 2 aromatic carbocycles. The van der Waals surface area contributed by atoms with Gasteiger partial charge in [-0.1, -0.05) is 23.2 Å². The molecule has 0 amide bonds. The molecule has 106 valence electrons. The van der Waals surface area contributed by atoms with Gasteiger partial charge in [0.25, 0.3) is 0 Å². The molecule has 0 aliphatic rings. The molecular formula is C16H14ClN3O. The maximum Gasteiger partial charge on any atom is 0.218 e. The molecule has 0 saturated heterocycles. The van der Waals surface area contributed by atoms with Crippen molar-refractivity contribution in [3.63, 3.8) is 0 Å².